The number of hydrogen-bond acceptors (Lipinski definition) is 3. The number of para-hydroxylation sites is 1. The van der Waals surface area contributed by atoms with Gasteiger partial charge in [0.25, 0.3) is 0 Å². The predicted octanol–water partition coefficient (Wildman–Crippen LogP) is 13.7. The van der Waals surface area contributed by atoms with E-state index < -0.39 is 0 Å². The van der Waals surface area contributed by atoms with Gasteiger partial charge < -0.3 is 4.57 Å². The third-order valence-corrected chi connectivity index (χ3v) is 12.1. The van der Waals surface area contributed by atoms with E-state index in [2.05, 4.69) is 178 Å². The maximum Gasteiger partial charge on any atom is 0.164 e. The van der Waals surface area contributed by atoms with Gasteiger partial charge in [-0.15, -0.1) is 0 Å². The molecule has 1 aliphatic carbocycles. The Kier molecular flexibility index (Phi) is 8.26. The van der Waals surface area contributed by atoms with Crippen LogP contribution < -0.4 is 0 Å². The van der Waals surface area contributed by atoms with Gasteiger partial charge in [0.1, 0.15) is 0 Å². The highest BCUT2D eigenvalue weighted by Gasteiger charge is 2.38. The Morgan fingerprint density at radius 2 is 0.842 bits per heavy atom. The molecule has 0 spiro atoms. The highest BCUT2D eigenvalue weighted by Crippen LogP contribution is 2.49. The Balaban J connectivity index is 1.23. The lowest BCUT2D eigenvalue weighted by molar-refractivity contribution is 0.332. The maximum atomic E-state index is 5.28. The first-order valence-corrected chi connectivity index (χ1v) is 20.0. The molecule has 4 heteroatoms. The average molecular weight is 737 g/mol. The Bertz CT molecular complexity index is 2940. The normalized spacial score (nSPS) is 14.5. The lowest BCUT2D eigenvalue weighted by Gasteiger charge is -2.42. The number of fused-ring (bicyclic) bond motifs is 4. The lowest BCUT2D eigenvalue weighted by Crippen LogP contribution is -2.33. The minimum absolute atomic E-state index is 0.0737. The Morgan fingerprint density at radius 1 is 0.368 bits per heavy atom. The molecule has 1 aliphatic rings. The van der Waals surface area contributed by atoms with Crippen molar-refractivity contribution in [3.05, 3.63) is 181 Å². The van der Waals surface area contributed by atoms with Crippen LogP contribution in [0.3, 0.4) is 0 Å². The lowest BCUT2D eigenvalue weighted by atomic mass is 9.63. The molecule has 0 atom stereocenters. The largest absolute Gasteiger partial charge is 0.309 e. The van der Waals surface area contributed by atoms with E-state index in [1.807, 2.05) is 24.3 Å². The maximum absolute atomic E-state index is 5.28. The number of rotatable bonds is 6. The summed E-state index contributed by atoms with van der Waals surface area (Å²) in [7, 11) is 0. The quantitative estimate of drug-likeness (QED) is 0.171. The molecular formula is C53H44N4. The van der Waals surface area contributed by atoms with Crippen LogP contribution in [0.5, 0.6) is 0 Å². The second-order valence-corrected chi connectivity index (χ2v) is 16.8. The molecular weight excluding hydrogens is 693 g/mol. The highest BCUT2D eigenvalue weighted by atomic mass is 15.0. The topological polar surface area (TPSA) is 43.6 Å². The van der Waals surface area contributed by atoms with E-state index in [4.69, 9.17) is 15.0 Å². The predicted molar refractivity (Wildman–Crippen MR) is 237 cm³/mol. The fourth-order valence-corrected chi connectivity index (χ4v) is 8.79. The van der Waals surface area contributed by atoms with Crippen molar-refractivity contribution in [2.24, 2.45) is 0 Å². The van der Waals surface area contributed by atoms with Crippen molar-refractivity contribution >= 4 is 21.8 Å². The highest BCUT2D eigenvalue weighted by molar-refractivity contribution is 6.10. The van der Waals surface area contributed by atoms with Crippen LogP contribution in [0, 0.1) is 0 Å². The zero-order valence-electron chi connectivity index (χ0n) is 32.9. The number of nitrogens with zero attached hydrogens (tertiary/aromatic N) is 4. The van der Waals surface area contributed by atoms with Crippen molar-refractivity contribution in [1.82, 2.24) is 19.5 Å². The Hall–Kier alpha value is -6.65. The third kappa shape index (κ3) is 6.22. The van der Waals surface area contributed by atoms with Crippen molar-refractivity contribution in [2.45, 2.75) is 51.4 Å². The molecule has 7 aromatic carbocycles. The SMILES string of the molecule is CC1(C)CCC(C)(C)c2cc3c(cc21)c1ccccc1n3-c1cc(-c2ccccc2)cc(-c2nc(-c3ccccc3)nc(-c3cccc(-c4ccccc4)c3)n2)c1. The molecule has 0 aliphatic heterocycles. The molecule has 0 unspecified atom stereocenters. The van der Waals surface area contributed by atoms with Gasteiger partial charge in [-0.05, 0) is 99.5 Å². The van der Waals surface area contributed by atoms with E-state index in [9.17, 15) is 0 Å². The van der Waals surface area contributed by atoms with Crippen molar-refractivity contribution in [3.63, 3.8) is 0 Å². The van der Waals surface area contributed by atoms with E-state index in [1.165, 1.54) is 39.4 Å². The van der Waals surface area contributed by atoms with E-state index >= 15 is 0 Å². The van der Waals surface area contributed by atoms with Gasteiger partial charge in [0.05, 0.1) is 11.0 Å². The second-order valence-electron chi connectivity index (χ2n) is 16.8. The van der Waals surface area contributed by atoms with Gasteiger partial charge in [-0.2, -0.15) is 0 Å². The summed E-state index contributed by atoms with van der Waals surface area (Å²) in [5.41, 5.74) is 13.9. The van der Waals surface area contributed by atoms with Crippen LogP contribution in [-0.2, 0) is 10.8 Å². The molecule has 2 heterocycles. The van der Waals surface area contributed by atoms with Crippen LogP contribution in [0.4, 0.5) is 0 Å². The molecule has 0 amide bonds. The molecule has 0 radical (unpaired) electrons. The first-order valence-electron chi connectivity index (χ1n) is 20.0. The van der Waals surface area contributed by atoms with Gasteiger partial charge in [0.2, 0.25) is 0 Å². The summed E-state index contributed by atoms with van der Waals surface area (Å²) in [6.07, 6.45) is 2.33. The van der Waals surface area contributed by atoms with Gasteiger partial charge in [-0.1, -0.05) is 155 Å². The molecule has 0 saturated heterocycles. The van der Waals surface area contributed by atoms with Gasteiger partial charge in [-0.3, -0.25) is 0 Å². The van der Waals surface area contributed by atoms with Gasteiger partial charge in [0.15, 0.2) is 17.5 Å². The Morgan fingerprint density at radius 3 is 1.51 bits per heavy atom. The summed E-state index contributed by atoms with van der Waals surface area (Å²) in [5, 5.41) is 2.54. The molecule has 57 heavy (non-hydrogen) atoms. The Labute approximate surface area is 334 Å². The zero-order chi connectivity index (χ0) is 38.7. The van der Waals surface area contributed by atoms with Crippen LogP contribution in [0.1, 0.15) is 51.7 Å². The third-order valence-electron chi connectivity index (χ3n) is 12.1. The average Bonchev–Trinajstić information content (AvgIpc) is 3.59. The van der Waals surface area contributed by atoms with E-state index in [1.54, 1.807) is 0 Å². The second kappa shape index (κ2) is 13.5. The molecule has 10 rings (SSSR count). The summed E-state index contributed by atoms with van der Waals surface area (Å²) < 4.78 is 2.46. The van der Waals surface area contributed by atoms with Gasteiger partial charge in [-0.25, -0.2) is 15.0 Å². The van der Waals surface area contributed by atoms with Gasteiger partial charge >= 0.3 is 0 Å². The van der Waals surface area contributed by atoms with Gasteiger partial charge in [0, 0.05) is 33.2 Å². The molecule has 276 valence electrons. The molecule has 0 bridgehead atoms. The van der Waals surface area contributed by atoms with Crippen molar-refractivity contribution in [1.29, 1.82) is 0 Å². The minimum Gasteiger partial charge on any atom is -0.309 e. The summed E-state index contributed by atoms with van der Waals surface area (Å²) in [4.78, 5) is 15.6. The summed E-state index contributed by atoms with van der Waals surface area (Å²) >= 11 is 0. The fourth-order valence-electron chi connectivity index (χ4n) is 8.79. The number of aromatic nitrogens is 4. The smallest absolute Gasteiger partial charge is 0.164 e. The first kappa shape index (κ1) is 34.8. The van der Waals surface area contributed by atoms with Crippen LogP contribution in [0.25, 0.3) is 83.9 Å². The molecule has 0 fully saturated rings. The van der Waals surface area contributed by atoms with Crippen molar-refractivity contribution < 1.29 is 0 Å². The molecule has 0 N–H and O–H groups in total. The molecule has 2 aromatic heterocycles. The van der Waals surface area contributed by atoms with Crippen LogP contribution in [0.15, 0.2) is 170 Å². The number of benzene rings is 7. The molecule has 9 aromatic rings. The van der Waals surface area contributed by atoms with E-state index in [0.29, 0.717) is 17.5 Å². The molecule has 0 saturated carbocycles. The summed E-state index contributed by atoms with van der Waals surface area (Å²) in [5.74, 6) is 1.90. The standard InChI is InChI=1S/C53H44N4/c1-52(2)27-28-53(3,4)46-34-48-44(33-45(46)52)43-25-14-15-26-47(43)57(48)42-31-40(36-19-10-6-11-20-36)30-41(32-42)51-55-49(37-21-12-7-13-22-37)54-50(56-51)39-24-16-23-38(29-39)35-17-8-5-9-18-35/h5-26,29-34H,27-28H2,1-4H3. The van der Waals surface area contributed by atoms with E-state index in [0.717, 1.165) is 51.1 Å². The van der Waals surface area contributed by atoms with Crippen LogP contribution >= 0.6 is 0 Å². The van der Waals surface area contributed by atoms with E-state index in [-0.39, 0.29) is 10.8 Å². The monoisotopic (exact) mass is 736 g/mol. The molecule has 4 nitrogen and oxygen atoms in total. The summed E-state index contributed by atoms with van der Waals surface area (Å²) in [6.45, 7) is 9.64. The van der Waals surface area contributed by atoms with Crippen molar-refractivity contribution in [3.8, 4) is 62.1 Å². The zero-order valence-corrected chi connectivity index (χ0v) is 32.9. The first-order chi connectivity index (χ1) is 27.7. The summed E-state index contributed by atoms with van der Waals surface area (Å²) in [6, 6.07) is 60.5. The van der Waals surface area contributed by atoms with Crippen molar-refractivity contribution in [2.75, 3.05) is 0 Å². The number of hydrogen-bond donors (Lipinski definition) is 0. The van der Waals surface area contributed by atoms with Crippen LogP contribution in [-0.4, -0.2) is 19.5 Å². The minimum atomic E-state index is 0.0737. The fraction of sp³-hybridized carbons (Fsp3) is 0.151. The van der Waals surface area contributed by atoms with Crippen LogP contribution in [0.2, 0.25) is 0 Å².